The normalized spacial score (nSPS) is 25.9. The molecule has 3 fully saturated rings. The molecule has 0 unspecified atom stereocenters. The van der Waals surface area contributed by atoms with Crippen molar-refractivity contribution in [3.05, 3.63) is 58.7 Å². The zero-order valence-corrected chi connectivity index (χ0v) is 24.4. The van der Waals surface area contributed by atoms with E-state index < -0.39 is 11.7 Å². The van der Waals surface area contributed by atoms with E-state index in [0.717, 1.165) is 56.0 Å². The molecule has 11 heteroatoms. The number of ether oxygens (including phenoxy) is 3. The quantitative estimate of drug-likeness (QED) is 0.461. The lowest BCUT2D eigenvalue weighted by molar-refractivity contribution is -0.137. The Balaban J connectivity index is 1.14. The molecule has 3 aliphatic heterocycles. The number of alkyl halides is 3. The number of rotatable bonds is 8. The summed E-state index contributed by atoms with van der Waals surface area (Å²) in [5.74, 6) is -0.0750. The minimum absolute atomic E-state index is 0.0472. The van der Waals surface area contributed by atoms with Gasteiger partial charge in [-0.25, -0.2) is 9.97 Å². The fraction of sp³-hybridized carbons (Fsp3) is 0.645. The highest BCUT2D eigenvalue weighted by molar-refractivity contribution is 5.93. The van der Waals surface area contributed by atoms with E-state index in [2.05, 4.69) is 15.3 Å². The lowest BCUT2D eigenvalue weighted by Gasteiger charge is -2.38. The van der Waals surface area contributed by atoms with Crippen LogP contribution in [0.4, 0.5) is 13.2 Å². The number of carbonyl (C=O) groups is 1. The van der Waals surface area contributed by atoms with Gasteiger partial charge in [-0.15, -0.1) is 0 Å². The third kappa shape index (κ3) is 7.48. The Labute approximate surface area is 245 Å². The number of nitrogens with zero attached hydrogens (tertiary/aromatic N) is 3. The summed E-state index contributed by atoms with van der Waals surface area (Å²) in [6, 6.07) is 6.01. The van der Waals surface area contributed by atoms with Gasteiger partial charge in [0.25, 0.3) is 5.91 Å². The molecule has 4 atom stereocenters. The lowest BCUT2D eigenvalue weighted by Crippen LogP contribution is -2.54. The van der Waals surface area contributed by atoms with Crippen LogP contribution in [-0.4, -0.2) is 78.5 Å². The molecule has 1 N–H and O–H groups in total. The smallest absolute Gasteiger partial charge is 0.379 e. The van der Waals surface area contributed by atoms with Crippen LogP contribution < -0.4 is 5.32 Å². The number of likely N-dealkylation sites (tertiary alicyclic amines) is 1. The van der Waals surface area contributed by atoms with Crippen molar-refractivity contribution in [2.75, 3.05) is 33.4 Å². The fourth-order valence-corrected chi connectivity index (χ4v) is 6.36. The Morgan fingerprint density at radius 3 is 2.71 bits per heavy atom. The molecule has 0 aliphatic carbocycles. The van der Waals surface area contributed by atoms with Gasteiger partial charge in [0.2, 0.25) is 0 Å². The maximum Gasteiger partial charge on any atom is 0.416 e. The van der Waals surface area contributed by atoms with E-state index in [-0.39, 0.29) is 30.3 Å². The minimum atomic E-state index is -4.38. The van der Waals surface area contributed by atoms with Crippen molar-refractivity contribution in [2.24, 2.45) is 0 Å². The van der Waals surface area contributed by atoms with Crippen molar-refractivity contribution in [1.29, 1.82) is 0 Å². The number of hydrogen-bond acceptors (Lipinski definition) is 7. The summed E-state index contributed by atoms with van der Waals surface area (Å²) in [6.07, 6.45) is 3.00. The minimum Gasteiger partial charge on any atom is -0.379 e. The van der Waals surface area contributed by atoms with Crippen molar-refractivity contribution >= 4 is 5.91 Å². The molecular weight excluding hydrogens is 549 g/mol. The molecule has 3 aliphatic rings. The van der Waals surface area contributed by atoms with Crippen LogP contribution in [-0.2, 0) is 26.8 Å². The monoisotopic (exact) mass is 590 g/mol. The third-order valence-electron chi connectivity index (χ3n) is 8.87. The average Bonchev–Trinajstić information content (AvgIpc) is 3.01. The number of aryl methyl sites for hydroxylation is 1. The maximum atomic E-state index is 13.4. The summed E-state index contributed by atoms with van der Waals surface area (Å²) in [6.45, 7) is 4.53. The van der Waals surface area contributed by atoms with E-state index in [0.29, 0.717) is 56.3 Å². The van der Waals surface area contributed by atoms with Gasteiger partial charge in [0, 0.05) is 50.1 Å². The van der Waals surface area contributed by atoms with Crippen LogP contribution in [0.15, 0.2) is 30.6 Å². The Bertz CT molecular complexity index is 1200. The van der Waals surface area contributed by atoms with Gasteiger partial charge in [-0.05, 0) is 76.0 Å². The summed E-state index contributed by atoms with van der Waals surface area (Å²) in [5, 5.41) is 3.72. The molecule has 0 spiro atoms. The number of carbonyl (C=O) groups excluding carboxylic acids is 1. The van der Waals surface area contributed by atoms with Crippen LogP contribution in [0.2, 0.25) is 0 Å². The first-order valence-corrected chi connectivity index (χ1v) is 15.0. The molecule has 1 aromatic carbocycles. The maximum absolute atomic E-state index is 13.4. The Morgan fingerprint density at radius 1 is 1.14 bits per heavy atom. The van der Waals surface area contributed by atoms with E-state index in [1.54, 1.807) is 13.2 Å². The first-order valence-electron chi connectivity index (χ1n) is 15.0. The highest BCUT2D eigenvalue weighted by Crippen LogP contribution is 2.36. The molecule has 1 aromatic heterocycles. The SMILES string of the molecule is CO[C@@H]1COCC[C@@H]1NC1CCN(C(=O)c2ncnc(CC[C@H]3CCC[C@@H](c4cccc(C(F)(F)F)c4)O3)c2C)CC1. The number of hydrogen-bond donors (Lipinski definition) is 1. The summed E-state index contributed by atoms with van der Waals surface area (Å²) in [5.41, 5.74) is 1.92. The van der Waals surface area contributed by atoms with E-state index in [9.17, 15) is 18.0 Å². The predicted molar refractivity (Wildman–Crippen MR) is 150 cm³/mol. The molecule has 5 rings (SSSR count). The fourth-order valence-electron chi connectivity index (χ4n) is 6.36. The summed E-state index contributed by atoms with van der Waals surface area (Å²) < 4.78 is 57.0. The second-order valence-corrected chi connectivity index (χ2v) is 11.6. The molecule has 2 aromatic rings. The van der Waals surface area contributed by atoms with Gasteiger partial charge in [0.1, 0.15) is 12.0 Å². The summed E-state index contributed by atoms with van der Waals surface area (Å²) in [4.78, 5) is 24.1. The average molecular weight is 591 g/mol. The lowest BCUT2D eigenvalue weighted by atomic mass is 9.94. The van der Waals surface area contributed by atoms with Crippen molar-refractivity contribution in [3.8, 4) is 0 Å². The number of piperidine rings is 1. The molecule has 8 nitrogen and oxygen atoms in total. The second-order valence-electron chi connectivity index (χ2n) is 11.6. The molecule has 4 heterocycles. The standard InChI is InChI=1S/C31H41F3N4O4/c1-20-25(10-9-24-7-4-8-27(42-24)21-5-3-6-22(17-21)31(32,33)34)35-19-36-29(20)30(39)38-14-11-23(12-15-38)37-26-13-16-41-18-28(26)40-2/h3,5-6,17,19,23-24,26-28,37H,4,7-16,18H2,1-2H3/t24-,26+,27+,28-/m1/s1. The molecular formula is C31H41F3N4O4. The third-order valence-corrected chi connectivity index (χ3v) is 8.87. The zero-order chi connectivity index (χ0) is 29.7. The van der Waals surface area contributed by atoms with Crippen molar-refractivity contribution in [3.63, 3.8) is 0 Å². The molecule has 0 saturated carbocycles. The zero-order valence-electron chi connectivity index (χ0n) is 24.4. The van der Waals surface area contributed by atoms with E-state index in [4.69, 9.17) is 14.2 Å². The van der Waals surface area contributed by atoms with E-state index in [1.807, 2.05) is 11.8 Å². The van der Waals surface area contributed by atoms with E-state index in [1.165, 1.54) is 18.5 Å². The summed E-state index contributed by atoms with van der Waals surface area (Å²) >= 11 is 0. The summed E-state index contributed by atoms with van der Waals surface area (Å²) in [7, 11) is 1.72. The van der Waals surface area contributed by atoms with Gasteiger partial charge in [-0.3, -0.25) is 4.79 Å². The predicted octanol–water partition coefficient (Wildman–Crippen LogP) is 5.04. The van der Waals surface area contributed by atoms with Gasteiger partial charge < -0.3 is 24.4 Å². The van der Waals surface area contributed by atoms with Gasteiger partial charge >= 0.3 is 6.18 Å². The Morgan fingerprint density at radius 2 is 1.95 bits per heavy atom. The molecule has 1 amide bonds. The molecule has 230 valence electrons. The van der Waals surface area contributed by atoms with Gasteiger partial charge in [0.15, 0.2) is 0 Å². The second kappa shape index (κ2) is 13.8. The Kier molecular flexibility index (Phi) is 10.1. The number of benzene rings is 1. The number of nitrogens with one attached hydrogen (secondary N) is 1. The first-order chi connectivity index (χ1) is 20.2. The van der Waals surface area contributed by atoms with Crippen LogP contribution in [0.3, 0.4) is 0 Å². The van der Waals surface area contributed by atoms with Gasteiger partial charge in [-0.1, -0.05) is 12.1 Å². The molecule has 0 bridgehead atoms. The van der Waals surface area contributed by atoms with Crippen LogP contribution in [0.1, 0.15) is 83.9 Å². The van der Waals surface area contributed by atoms with Gasteiger partial charge in [0.05, 0.1) is 30.5 Å². The van der Waals surface area contributed by atoms with Crippen molar-refractivity contribution in [1.82, 2.24) is 20.2 Å². The molecule has 0 radical (unpaired) electrons. The molecule has 3 saturated heterocycles. The number of amides is 1. The number of methoxy groups -OCH3 is 1. The van der Waals surface area contributed by atoms with E-state index >= 15 is 0 Å². The first kappa shape index (κ1) is 30.8. The van der Waals surface area contributed by atoms with Crippen molar-refractivity contribution < 1.29 is 32.2 Å². The number of halogens is 3. The van der Waals surface area contributed by atoms with Gasteiger partial charge in [-0.2, -0.15) is 13.2 Å². The van der Waals surface area contributed by atoms with Crippen LogP contribution in [0.25, 0.3) is 0 Å². The van der Waals surface area contributed by atoms with Crippen LogP contribution in [0, 0.1) is 6.92 Å². The topological polar surface area (TPSA) is 85.8 Å². The van der Waals surface area contributed by atoms with Crippen molar-refractivity contribution in [2.45, 2.75) is 94.9 Å². The number of aromatic nitrogens is 2. The highest BCUT2D eigenvalue weighted by Gasteiger charge is 2.33. The van der Waals surface area contributed by atoms with Crippen LogP contribution in [0.5, 0.6) is 0 Å². The molecule has 42 heavy (non-hydrogen) atoms. The largest absolute Gasteiger partial charge is 0.416 e. The highest BCUT2D eigenvalue weighted by atomic mass is 19.4. The Hall–Kier alpha value is -2.60. The van der Waals surface area contributed by atoms with Crippen LogP contribution >= 0.6 is 0 Å².